The van der Waals surface area contributed by atoms with Gasteiger partial charge in [0.1, 0.15) is 5.15 Å². The fourth-order valence-electron chi connectivity index (χ4n) is 2.86. The van der Waals surface area contributed by atoms with E-state index in [9.17, 15) is 4.79 Å². The third-order valence-corrected chi connectivity index (χ3v) is 4.13. The zero-order chi connectivity index (χ0) is 15.8. The van der Waals surface area contributed by atoms with Gasteiger partial charge in [-0.3, -0.25) is 14.9 Å². The van der Waals surface area contributed by atoms with Gasteiger partial charge in [-0.1, -0.05) is 17.7 Å². The molecule has 1 aliphatic rings. The first-order chi connectivity index (χ1) is 11.2. The lowest BCUT2D eigenvalue weighted by atomic mass is 9.85. The van der Waals surface area contributed by atoms with Crippen molar-refractivity contribution >= 4 is 23.3 Å². The highest BCUT2D eigenvalue weighted by molar-refractivity contribution is 6.29. The highest BCUT2D eigenvalue weighted by Gasteiger charge is 2.32. The van der Waals surface area contributed by atoms with Crippen molar-refractivity contribution in [3.05, 3.63) is 59.1 Å². The topological polar surface area (TPSA) is 83.6 Å². The summed E-state index contributed by atoms with van der Waals surface area (Å²) in [5.41, 5.74) is 3.65. The molecule has 6 nitrogen and oxygen atoms in total. The first kappa shape index (κ1) is 13.9. The molecule has 1 atom stereocenters. The van der Waals surface area contributed by atoms with E-state index in [0.29, 0.717) is 17.4 Å². The summed E-state index contributed by atoms with van der Waals surface area (Å²) < 4.78 is 0. The smallest absolute Gasteiger partial charge is 0.226 e. The Balaban J connectivity index is 1.86. The number of H-pyrrole nitrogens is 1. The molecule has 7 heteroatoms. The number of carbonyl (C=O) groups is 1. The van der Waals surface area contributed by atoms with Crippen LogP contribution < -0.4 is 5.32 Å². The second kappa shape index (κ2) is 5.48. The number of carbonyl (C=O) groups excluding carboxylic acids is 1. The molecule has 1 amide bonds. The van der Waals surface area contributed by atoms with Crippen LogP contribution in [0, 0.1) is 0 Å². The van der Waals surface area contributed by atoms with Gasteiger partial charge < -0.3 is 5.32 Å². The van der Waals surface area contributed by atoms with Crippen molar-refractivity contribution in [3.63, 3.8) is 0 Å². The third kappa shape index (κ3) is 2.47. The molecule has 114 valence electrons. The van der Waals surface area contributed by atoms with Crippen LogP contribution in [0.1, 0.15) is 23.5 Å². The van der Waals surface area contributed by atoms with Crippen molar-refractivity contribution in [1.29, 1.82) is 0 Å². The van der Waals surface area contributed by atoms with Crippen LogP contribution in [0.4, 0.5) is 5.82 Å². The molecule has 4 heterocycles. The number of pyridine rings is 2. The number of hydrogen-bond donors (Lipinski definition) is 2. The van der Waals surface area contributed by atoms with E-state index in [0.717, 1.165) is 22.4 Å². The van der Waals surface area contributed by atoms with Crippen molar-refractivity contribution in [2.24, 2.45) is 0 Å². The molecular formula is C16H12ClN5O. The first-order valence-corrected chi connectivity index (χ1v) is 7.50. The van der Waals surface area contributed by atoms with Crippen molar-refractivity contribution in [3.8, 4) is 11.3 Å². The maximum Gasteiger partial charge on any atom is 0.226 e. The van der Waals surface area contributed by atoms with Gasteiger partial charge in [-0.05, 0) is 23.8 Å². The standard InChI is InChI=1S/C16H12ClN5O/c17-12-4-3-9(8-19-12)11-6-13(23)20-16-14(11)15(21-22-16)10-2-1-5-18-7-10/h1-5,7-8,11H,6H2,(H2,20,21,22,23)/t11-/m0/s1. The molecule has 3 aromatic rings. The Hall–Kier alpha value is -2.73. The molecule has 0 saturated heterocycles. The number of aromatic nitrogens is 4. The number of halogens is 1. The summed E-state index contributed by atoms with van der Waals surface area (Å²) in [5, 5.41) is 10.5. The Morgan fingerprint density at radius 3 is 2.87 bits per heavy atom. The maximum absolute atomic E-state index is 12.0. The number of aromatic amines is 1. The lowest BCUT2D eigenvalue weighted by Crippen LogP contribution is -2.23. The van der Waals surface area contributed by atoms with E-state index in [4.69, 9.17) is 11.6 Å². The highest BCUT2D eigenvalue weighted by Crippen LogP contribution is 2.41. The lowest BCUT2D eigenvalue weighted by Gasteiger charge is -2.23. The monoisotopic (exact) mass is 325 g/mol. The number of hydrogen-bond acceptors (Lipinski definition) is 4. The van der Waals surface area contributed by atoms with E-state index in [2.05, 4.69) is 25.5 Å². The third-order valence-electron chi connectivity index (χ3n) is 3.90. The summed E-state index contributed by atoms with van der Waals surface area (Å²) in [6.45, 7) is 0. The van der Waals surface area contributed by atoms with E-state index in [1.807, 2.05) is 18.2 Å². The SMILES string of the molecule is O=C1C[C@@H](c2ccc(Cl)nc2)c2c(n[nH]c2-c2cccnc2)N1. The molecule has 1 aliphatic heterocycles. The van der Waals surface area contributed by atoms with Gasteiger partial charge in [0.15, 0.2) is 5.82 Å². The van der Waals surface area contributed by atoms with Gasteiger partial charge in [-0.15, -0.1) is 0 Å². The molecule has 4 rings (SSSR count). The summed E-state index contributed by atoms with van der Waals surface area (Å²) in [5.74, 6) is 0.360. The van der Waals surface area contributed by atoms with Crippen molar-refractivity contribution < 1.29 is 4.79 Å². The van der Waals surface area contributed by atoms with Crippen LogP contribution in [0.3, 0.4) is 0 Å². The predicted molar refractivity (Wildman–Crippen MR) is 86.2 cm³/mol. The zero-order valence-electron chi connectivity index (χ0n) is 12.0. The first-order valence-electron chi connectivity index (χ1n) is 7.12. The molecule has 3 aromatic heterocycles. The average Bonchev–Trinajstić information content (AvgIpc) is 2.99. The number of nitrogens with one attached hydrogen (secondary N) is 2. The molecule has 0 saturated carbocycles. The van der Waals surface area contributed by atoms with Crippen LogP contribution in [0.2, 0.25) is 5.15 Å². The van der Waals surface area contributed by atoms with Crippen LogP contribution in [0.5, 0.6) is 0 Å². The molecule has 2 N–H and O–H groups in total. The van der Waals surface area contributed by atoms with Gasteiger partial charge in [-0.25, -0.2) is 4.98 Å². The quantitative estimate of drug-likeness (QED) is 0.709. The molecule has 0 fully saturated rings. The van der Waals surface area contributed by atoms with E-state index < -0.39 is 0 Å². The van der Waals surface area contributed by atoms with Gasteiger partial charge in [-0.2, -0.15) is 5.10 Å². The minimum atomic E-state index is -0.127. The summed E-state index contributed by atoms with van der Waals surface area (Å²) in [6.07, 6.45) is 5.52. The molecule has 0 aromatic carbocycles. The number of anilines is 1. The van der Waals surface area contributed by atoms with Crippen LogP contribution in [-0.2, 0) is 4.79 Å². The van der Waals surface area contributed by atoms with E-state index in [1.54, 1.807) is 24.7 Å². The molecule has 0 radical (unpaired) electrons. The van der Waals surface area contributed by atoms with Gasteiger partial charge in [0.2, 0.25) is 5.91 Å². The van der Waals surface area contributed by atoms with E-state index in [1.165, 1.54) is 0 Å². The van der Waals surface area contributed by atoms with Crippen molar-refractivity contribution in [2.45, 2.75) is 12.3 Å². The van der Waals surface area contributed by atoms with Gasteiger partial charge >= 0.3 is 0 Å². The van der Waals surface area contributed by atoms with Crippen molar-refractivity contribution in [1.82, 2.24) is 20.2 Å². The Kier molecular flexibility index (Phi) is 3.31. The normalized spacial score (nSPS) is 16.7. The summed E-state index contributed by atoms with van der Waals surface area (Å²) in [6, 6.07) is 7.44. The summed E-state index contributed by atoms with van der Waals surface area (Å²) >= 11 is 5.87. The zero-order valence-corrected chi connectivity index (χ0v) is 12.7. The molecule has 0 aliphatic carbocycles. The Labute approximate surface area is 136 Å². The summed E-state index contributed by atoms with van der Waals surface area (Å²) in [7, 11) is 0. The fourth-order valence-corrected chi connectivity index (χ4v) is 2.98. The van der Waals surface area contributed by atoms with Crippen LogP contribution in [0.15, 0.2) is 42.9 Å². The van der Waals surface area contributed by atoms with Crippen molar-refractivity contribution in [2.75, 3.05) is 5.32 Å². The molecule has 0 unspecified atom stereocenters. The minimum Gasteiger partial charge on any atom is -0.309 e. The minimum absolute atomic E-state index is 0.0679. The average molecular weight is 326 g/mol. The molecule has 23 heavy (non-hydrogen) atoms. The second-order valence-electron chi connectivity index (χ2n) is 5.32. The maximum atomic E-state index is 12.0. The summed E-state index contributed by atoms with van der Waals surface area (Å²) in [4.78, 5) is 20.3. The number of nitrogens with zero attached hydrogens (tertiary/aromatic N) is 3. The van der Waals surface area contributed by atoms with Crippen LogP contribution >= 0.6 is 11.6 Å². The van der Waals surface area contributed by atoms with Gasteiger partial charge in [0.25, 0.3) is 0 Å². The van der Waals surface area contributed by atoms with E-state index >= 15 is 0 Å². The predicted octanol–water partition coefficient (Wildman–Crippen LogP) is 2.99. The molecular weight excluding hydrogens is 314 g/mol. The van der Waals surface area contributed by atoms with E-state index in [-0.39, 0.29) is 11.8 Å². The Morgan fingerprint density at radius 1 is 1.22 bits per heavy atom. The number of fused-ring (bicyclic) bond motifs is 1. The molecule has 0 spiro atoms. The highest BCUT2D eigenvalue weighted by atomic mass is 35.5. The second-order valence-corrected chi connectivity index (χ2v) is 5.71. The van der Waals surface area contributed by atoms with Gasteiger partial charge in [0, 0.05) is 42.1 Å². The fraction of sp³-hybridized carbons (Fsp3) is 0.125. The number of amides is 1. The van der Waals surface area contributed by atoms with Gasteiger partial charge in [0.05, 0.1) is 5.69 Å². The molecule has 0 bridgehead atoms. The lowest BCUT2D eigenvalue weighted by molar-refractivity contribution is -0.116. The van der Waals surface area contributed by atoms with Crippen LogP contribution in [-0.4, -0.2) is 26.1 Å². The Morgan fingerprint density at radius 2 is 2.13 bits per heavy atom. The van der Waals surface area contributed by atoms with Crippen LogP contribution in [0.25, 0.3) is 11.3 Å². The largest absolute Gasteiger partial charge is 0.309 e. The number of rotatable bonds is 2. The Bertz CT molecular complexity index is 860.